The van der Waals surface area contributed by atoms with Gasteiger partial charge in [0.2, 0.25) is 15.9 Å². The topological polar surface area (TPSA) is 54.5 Å². The van der Waals surface area contributed by atoms with Crippen molar-refractivity contribution in [3.8, 4) is 11.1 Å². The second kappa shape index (κ2) is 6.42. The van der Waals surface area contributed by atoms with Crippen LogP contribution < -0.4 is 4.31 Å². The third kappa shape index (κ3) is 3.02. The van der Waals surface area contributed by atoms with Crippen molar-refractivity contribution in [1.29, 1.82) is 0 Å². The van der Waals surface area contributed by atoms with Crippen LogP contribution in [0.1, 0.15) is 11.1 Å². The fraction of sp³-hybridized carbons (Fsp3) is 0.0952. The molecule has 4 nitrogen and oxygen atoms in total. The summed E-state index contributed by atoms with van der Waals surface area (Å²) < 4.78 is 26.6. The first-order chi connectivity index (χ1) is 12.5. The van der Waals surface area contributed by atoms with E-state index in [1.807, 2.05) is 48.5 Å². The first kappa shape index (κ1) is 16.5. The summed E-state index contributed by atoms with van der Waals surface area (Å²) in [6.45, 7) is 0. The zero-order chi connectivity index (χ0) is 18.1. The molecule has 4 rings (SSSR count). The van der Waals surface area contributed by atoms with Gasteiger partial charge in [-0.05, 0) is 34.4 Å². The van der Waals surface area contributed by atoms with Gasteiger partial charge in [-0.25, -0.2) is 12.7 Å². The molecule has 0 aromatic heterocycles. The monoisotopic (exact) mass is 363 g/mol. The number of hydrogen-bond donors (Lipinski definition) is 0. The number of benzene rings is 3. The Morgan fingerprint density at radius 2 is 1.46 bits per heavy atom. The molecule has 3 aromatic carbocycles. The second-order valence-corrected chi connectivity index (χ2v) is 8.10. The molecule has 1 amide bonds. The molecule has 3 aromatic rings. The lowest BCUT2D eigenvalue weighted by molar-refractivity contribution is -0.116. The van der Waals surface area contributed by atoms with E-state index >= 15 is 0 Å². The Hall–Kier alpha value is -2.92. The minimum absolute atomic E-state index is 0.101. The van der Waals surface area contributed by atoms with E-state index < -0.39 is 15.9 Å². The van der Waals surface area contributed by atoms with Crippen LogP contribution in [0.15, 0.2) is 78.9 Å². The van der Waals surface area contributed by atoms with Gasteiger partial charge in [0.15, 0.2) is 0 Å². The summed E-state index contributed by atoms with van der Waals surface area (Å²) in [5, 5.41) is 0. The molecule has 0 unspecified atom stereocenters. The number of carbonyl (C=O) groups excluding carboxylic acids is 1. The van der Waals surface area contributed by atoms with Crippen molar-refractivity contribution in [3.63, 3.8) is 0 Å². The first-order valence-corrected chi connectivity index (χ1v) is 9.94. The van der Waals surface area contributed by atoms with Crippen molar-refractivity contribution in [3.05, 3.63) is 90.0 Å². The Labute approximate surface area is 152 Å². The molecule has 1 aliphatic heterocycles. The summed E-state index contributed by atoms with van der Waals surface area (Å²) in [5.74, 6) is -0.597. The summed E-state index contributed by atoms with van der Waals surface area (Å²) in [4.78, 5) is 12.5. The fourth-order valence-electron chi connectivity index (χ4n) is 3.26. The van der Waals surface area contributed by atoms with E-state index in [2.05, 4.69) is 0 Å². The molecule has 0 N–H and O–H groups in total. The van der Waals surface area contributed by atoms with Crippen molar-refractivity contribution in [1.82, 2.24) is 0 Å². The Morgan fingerprint density at radius 3 is 2.15 bits per heavy atom. The van der Waals surface area contributed by atoms with Crippen molar-refractivity contribution in [2.45, 2.75) is 12.2 Å². The third-order valence-corrected chi connectivity index (χ3v) is 6.10. The maximum Gasteiger partial charge on any atom is 0.245 e. The summed E-state index contributed by atoms with van der Waals surface area (Å²) in [6.07, 6.45) is 0.101. The van der Waals surface area contributed by atoms with Gasteiger partial charge < -0.3 is 0 Å². The van der Waals surface area contributed by atoms with Gasteiger partial charge in [-0.1, -0.05) is 66.7 Å². The highest BCUT2D eigenvalue weighted by molar-refractivity contribution is 7.92. The predicted octanol–water partition coefficient (Wildman–Crippen LogP) is 3.77. The van der Waals surface area contributed by atoms with Gasteiger partial charge in [-0.15, -0.1) is 0 Å². The van der Waals surface area contributed by atoms with Crippen LogP contribution in [-0.4, -0.2) is 14.3 Å². The van der Waals surface area contributed by atoms with Crippen LogP contribution in [0.2, 0.25) is 0 Å². The molecule has 0 aliphatic carbocycles. The molecule has 5 heteroatoms. The van der Waals surface area contributed by atoms with E-state index in [4.69, 9.17) is 0 Å². The van der Waals surface area contributed by atoms with Gasteiger partial charge in [0.25, 0.3) is 0 Å². The number of carbonyl (C=O) groups is 1. The van der Waals surface area contributed by atoms with Gasteiger partial charge in [-0.3, -0.25) is 4.79 Å². The molecule has 1 aliphatic rings. The fourth-order valence-corrected chi connectivity index (χ4v) is 4.85. The summed E-state index contributed by atoms with van der Waals surface area (Å²) >= 11 is 0. The second-order valence-electron chi connectivity index (χ2n) is 6.29. The van der Waals surface area contributed by atoms with E-state index in [1.54, 1.807) is 30.3 Å². The molecular formula is C21H17NO3S. The lowest BCUT2D eigenvalue weighted by atomic mass is 10.0. The largest absolute Gasteiger partial charge is 0.273 e. The van der Waals surface area contributed by atoms with Gasteiger partial charge in [0.1, 0.15) is 0 Å². The SMILES string of the molecule is O=C1Cc2cc(-c3ccccc3)ccc2N1S(=O)(=O)Cc1ccccc1. The third-order valence-electron chi connectivity index (χ3n) is 4.44. The molecule has 0 saturated carbocycles. The molecule has 1 heterocycles. The van der Waals surface area contributed by atoms with Crippen LogP contribution in [0, 0.1) is 0 Å². The number of amides is 1. The zero-order valence-corrected chi connectivity index (χ0v) is 14.8. The molecule has 0 spiro atoms. The van der Waals surface area contributed by atoms with Crippen molar-refractivity contribution in [2.24, 2.45) is 0 Å². The highest BCUT2D eigenvalue weighted by Gasteiger charge is 2.36. The van der Waals surface area contributed by atoms with Crippen LogP contribution in [0.5, 0.6) is 0 Å². The average molecular weight is 363 g/mol. The first-order valence-electron chi connectivity index (χ1n) is 8.33. The van der Waals surface area contributed by atoms with E-state index in [9.17, 15) is 13.2 Å². The standard InChI is InChI=1S/C21H17NO3S/c23-21-14-19-13-18(17-9-5-2-6-10-17)11-12-20(19)22(21)26(24,25)15-16-7-3-1-4-8-16/h1-13H,14-15H2. The van der Waals surface area contributed by atoms with Crippen LogP contribution in [0.3, 0.4) is 0 Å². The van der Waals surface area contributed by atoms with Crippen LogP contribution in [-0.2, 0) is 27.0 Å². The van der Waals surface area contributed by atoms with E-state index in [0.717, 1.165) is 21.0 Å². The quantitative estimate of drug-likeness (QED) is 0.709. The summed E-state index contributed by atoms with van der Waals surface area (Å²) in [6, 6.07) is 24.2. The molecule has 0 bridgehead atoms. The predicted molar refractivity (Wildman–Crippen MR) is 102 cm³/mol. The van der Waals surface area contributed by atoms with E-state index in [-0.39, 0.29) is 12.2 Å². The number of rotatable bonds is 4. The Balaban J connectivity index is 1.69. The molecular weight excluding hydrogens is 346 g/mol. The number of nitrogens with zero attached hydrogens (tertiary/aromatic N) is 1. The van der Waals surface area contributed by atoms with Crippen LogP contribution in [0.25, 0.3) is 11.1 Å². The normalized spacial score (nSPS) is 13.7. The van der Waals surface area contributed by atoms with Gasteiger partial charge in [-0.2, -0.15) is 0 Å². The summed E-state index contributed by atoms with van der Waals surface area (Å²) in [5.41, 5.74) is 3.88. The maximum atomic E-state index is 12.8. The lowest BCUT2D eigenvalue weighted by Crippen LogP contribution is -2.34. The minimum Gasteiger partial charge on any atom is -0.273 e. The molecule has 0 atom stereocenters. The van der Waals surface area contributed by atoms with Gasteiger partial charge >= 0.3 is 0 Å². The zero-order valence-electron chi connectivity index (χ0n) is 14.0. The van der Waals surface area contributed by atoms with Crippen molar-refractivity contribution < 1.29 is 13.2 Å². The lowest BCUT2D eigenvalue weighted by Gasteiger charge is -2.18. The number of hydrogen-bond acceptors (Lipinski definition) is 3. The molecule has 130 valence electrons. The smallest absolute Gasteiger partial charge is 0.245 e. The van der Waals surface area contributed by atoms with Crippen LogP contribution in [0.4, 0.5) is 5.69 Å². The molecule has 0 radical (unpaired) electrons. The van der Waals surface area contributed by atoms with E-state index in [1.165, 1.54) is 0 Å². The highest BCUT2D eigenvalue weighted by Crippen LogP contribution is 2.35. The Kier molecular flexibility index (Phi) is 4.09. The van der Waals surface area contributed by atoms with Crippen molar-refractivity contribution >= 4 is 21.6 Å². The molecule has 26 heavy (non-hydrogen) atoms. The summed E-state index contributed by atoms with van der Waals surface area (Å²) in [7, 11) is -3.77. The van der Waals surface area contributed by atoms with Crippen molar-refractivity contribution in [2.75, 3.05) is 4.31 Å². The Morgan fingerprint density at radius 1 is 0.808 bits per heavy atom. The highest BCUT2D eigenvalue weighted by atomic mass is 32.2. The maximum absolute atomic E-state index is 12.8. The van der Waals surface area contributed by atoms with E-state index in [0.29, 0.717) is 11.3 Å². The number of sulfonamides is 1. The molecule has 0 saturated heterocycles. The minimum atomic E-state index is -3.77. The number of fused-ring (bicyclic) bond motifs is 1. The average Bonchev–Trinajstić information content (AvgIpc) is 2.98. The van der Waals surface area contributed by atoms with Gasteiger partial charge in [0, 0.05) is 0 Å². The van der Waals surface area contributed by atoms with Crippen LogP contribution >= 0.6 is 0 Å². The van der Waals surface area contributed by atoms with Gasteiger partial charge in [0.05, 0.1) is 17.9 Å². The molecule has 0 fully saturated rings. The number of anilines is 1. The Bertz CT molecular complexity index is 1060.